The van der Waals surface area contributed by atoms with Gasteiger partial charge in [-0.05, 0) is 69.3 Å². The molecular formula is C9H7ClI2N2O2. The van der Waals surface area contributed by atoms with Crippen LogP contribution in [0.25, 0.3) is 0 Å². The summed E-state index contributed by atoms with van der Waals surface area (Å²) in [5.41, 5.74) is 12.5. The van der Waals surface area contributed by atoms with Gasteiger partial charge < -0.3 is 11.5 Å². The van der Waals surface area contributed by atoms with Gasteiger partial charge in [0.2, 0.25) is 0 Å². The summed E-state index contributed by atoms with van der Waals surface area (Å²) in [7, 11) is 0. The van der Waals surface area contributed by atoms with Gasteiger partial charge in [0.05, 0.1) is 14.7 Å². The molecule has 0 saturated heterocycles. The molecule has 0 aliphatic carbocycles. The van der Waals surface area contributed by atoms with Crippen molar-refractivity contribution in [3.8, 4) is 0 Å². The van der Waals surface area contributed by atoms with Crippen molar-refractivity contribution in [3.63, 3.8) is 0 Å². The molecule has 0 bridgehead atoms. The Morgan fingerprint density at radius 3 is 2.06 bits per heavy atom. The van der Waals surface area contributed by atoms with Gasteiger partial charge in [-0.2, -0.15) is 0 Å². The van der Waals surface area contributed by atoms with Gasteiger partial charge in [-0.25, -0.2) is 0 Å². The minimum atomic E-state index is -0.646. The molecular weight excluding hydrogens is 457 g/mol. The van der Waals surface area contributed by atoms with E-state index in [-0.39, 0.29) is 11.1 Å². The van der Waals surface area contributed by atoms with Crippen molar-refractivity contribution in [1.29, 1.82) is 0 Å². The van der Waals surface area contributed by atoms with Gasteiger partial charge in [0, 0.05) is 9.26 Å². The van der Waals surface area contributed by atoms with Gasteiger partial charge in [0.1, 0.15) is 0 Å². The summed E-state index contributed by atoms with van der Waals surface area (Å²) in [6.07, 6.45) is 0. The summed E-state index contributed by atoms with van der Waals surface area (Å²) in [5, 5.41) is -0.646. The molecule has 1 amide bonds. The van der Waals surface area contributed by atoms with Gasteiger partial charge in [0.15, 0.2) is 0 Å². The van der Waals surface area contributed by atoms with E-state index >= 15 is 0 Å². The standard InChI is InChI=1S/C9H7ClI2N2O2/c1-2-3(8(10)15)5(11)4(9(14)16)6(12)7(2)13/h13H2,1H3,(H2,14,16). The van der Waals surface area contributed by atoms with E-state index in [1.54, 1.807) is 6.92 Å². The lowest BCUT2D eigenvalue weighted by Gasteiger charge is -2.13. The first kappa shape index (κ1) is 14.0. The van der Waals surface area contributed by atoms with E-state index in [0.717, 1.165) is 0 Å². The molecule has 7 heteroatoms. The van der Waals surface area contributed by atoms with Crippen LogP contribution in [-0.2, 0) is 0 Å². The average molecular weight is 464 g/mol. The maximum Gasteiger partial charge on any atom is 0.253 e. The Hall–Kier alpha value is -0.0900. The fourth-order valence-electron chi connectivity index (χ4n) is 1.27. The van der Waals surface area contributed by atoms with Crippen molar-refractivity contribution in [2.24, 2.45) is 5.73 Å². The summed E-state index contributed by atoms with van der Waals surface area (Å²) in [6.45, 7) is 1.68. The van der Waals surface area contributed by atoms with Crippen LogP contribution >= 0.6 is 56.8 Å². The van der Waals surface area contributed by atoms with Gasteiger partial charge in [-0.1, -0.05) is 0 Å². The smallest absolute Gasteiger partial charge is 0.253 e. The van der Waals surface area contributed by atoms with E-state index in [4.69, 9.17) is 23.1 Å². The highest BCUT2D eigenvalue weighted by Crippen LogP contribution is 2.32. The Balaban J connectivity index is 3.80. The number of nitrogens with two attached hydrogens (primary N) is 2. The Morgan fingerprint density at radius 2 is 1.69 bits per heavy atom. The number of rotatable bonds is 2. The SMILES string of the molecule is Cc1c(N)c(I)c(C(N)=O)c(I)c1C(=O)Cl. The molecule has 0 fully saturated rings. The number of amides is 1. The summed E-state index contributed by atoms with van der Waals surface area (Å²) >= 11 is 9.26. The minimum Gasteiger partial charge on any atom is -0.398 e. The van der Waals surface area contributed by atoms with Gasteiger partial charge in [-0.15, -0.1) is 0 Å². The van der Waals surface area contributed by atoms with E-state index in [2.05, 4.69) is 0 Å². The summed E-state index contributed by atoms with van der Waals surface area (Å²) < 4.78 is 0.995. The van der Waals surface area contributed by atoms with Crippen LogP contribution in [0.15, 0.2) is 0 Å². The van der Waals surface area contributed by atoms with Crippen molar-refractivity contribution in [1.82, 2.24) is 0 Å². The predicted molar refractivity (Wildman–Crippen MR) is 79.7 cm³/mol. The van der Waals surface area contributed by atoms with Crippen LogP contribution in [0.4, 0.5) is 5.69 Å². The molecule has 0 heterocycles. The van der Waals surface area contributed by atoms with Crippen molar-refractivity contribution in [2.75, 3.05) is 5.73 Å². The Morgan fingerprint density at radius 1 is 1.19 bits per heavy atom. The second kappa shape index (κ2) is 5.05. The molecule has 0 saturated carbocycles. The van der Waals surface area contributed by atoms with Crippen LogP contribution in [0.5, 0.6) is 0 Å². The van der Waals surface area contributed by atoms with E-state index in [1.165, 1.54) is 0 Å². The van der Waals surface area contributed by atoms with Crippen LogP contribution in [0.1, 0.15) is 26.3 Å². The maximum absolute atomic E-state index is 11.3. The van der Waals surface area contributed by atoms with Crippen LogP contribution in [-0.4, -0.2) is 11.1 Å². The molecule has 86 valence electrons. The zero-order chi connectivity index (χ0) is 12.6. The van der Waals surface area contributed by atoms with Gasteiger partial charge in [-0.3, -0.25) is 9.59 Å². The monoisotopic (exact) mass is 464 g/mol. The molecule has 0 unspecified atom stereocenters. The summed E-state index contributed by atoms with van der Waals surface area (Å²) in [4.78, 5) is 22.6. The zero-order valence-corrected chi connectivity index (χ0v) is 13.2. The highest BCUT2D eigenvalue weighted by molar-refractivity contribution is 14.1. The molecule has 0 radical (unpaired) electrons. The largest absolute Gasteiger partial charge is 0.398 e. The number of carbonyl (C=O) groups is 2. The lowest BCUT2D eigenvalue weighted by molar-refractivity contribution is 0.0998. The van der Waals surface area contributed by atoms with E-state index in [0.29, 0.717) is 18.4 Å². The normalized spacial score (nSPS) is 10.2. The molecule has 0 aromatic heterocycles. The molecule has 0 aliphatic rings. The van der Waals surface area contributed by atoms with Gasteiger partial charge in [0.25, 0.3) is 11.1 Å². The number of carbonyl (C=O) groups excluding carboxylic acids is 2. The minimum absolute atomic E-state index is 0.244. The Kier molecular flexibility index (Phi) is 4.41. The van der Waals surface area contributed by atoms with Crippen molar-refractivity contribution in [3.05, 3.63) is 23.8 Å². The maximum atomic E-state index is 11.3. The fraction of sp³-hybridized carbons (Fsp3) is 0.111. The van der Waals surface area contributed by atoms with Gasteiger partial charge >= 0.3 is 0 Å². The lowest BCUT2D eigenvalue weighted by Crippen LogP contribution is -2.19. The van der Waals surface area contributed by atoms with Crippen molar-refractivity contribution >= 4 is 73.6 Å². The van der Waals surface area contributed by atoms with Crippen LogP contribution in [0.3, 0.4) is 0 Å². The first-order chi connectivity index (χ1) is 7.29. The quantitative estimate of drug-likeness (QED) is 0.400. The van der Waals surface area contributed by atoms with Crippen LogP contribution in [0.2, 0.25) is 0 Å². The second-order valence-electron chi connectivity index (χ2n) is 3.05. The molecule has 1 rings (SSSR count). The highest BCUT2D eigenvalue weighted by Gasteiger charge is 2.23. The molecule has 4 N–H and O–H groups in total. The molecule has 1 aromatic carbocycles. The number of primary amides is 1. The van der Waals surface area contributed by atoms with E-state index < -0.39 is 11.1 Å². The third-order valence-electron chi connectivity index (χ3n) is 2.12. The number of benzene rings is 1. The first-order valence-corrected chi connectivity index (χ1v) is 6.59. The lowest BCUT2D eigenvalue weighted by atomic mass is 10.0. The average Bonchev–Trinajstić information content (AvgIpc) is 2.13. The van der Waals surface area contributed by atoms with Crippen LogP contribution in [0, 0.1) is 14.1 Å². The number of halogens is 3. The molecule has 1 aromatic rings. The Bertz CT molecular complexity index is 462. The molecule has 0 atom stereocenters. The second-order valence-corrected chi connectivity index (χ2v) is 5.56. The summed E-state index contributed by atoms with van der Waals surface area (Å²) in [6, 6.07) is 0. The van der Waals surface area contributed by atoms with Crippen molar-refractivity contribution in [2.45, 2.75) is 6.92 Å². The van der Waals surface area contributed by atoms with E-state index in [9.17, 15) is 9.59 Å². The third kappa shape index (κ3) is 2.28. The van der Waals surface area contributed by atoms with Crippen molar-refractivity contribution < 1.29 is 9.59 Å². The third-order valence-corrected chi connectivity index (χ3v) is 4.51. The number of nitrogen functional groups attached to an aromatic ring is 1. The predicted octanol–water partition coefficient (Wildman–Crippen LogP) is 2.26. The Labute approximate surface area is 124 Å². The first-order valence-electron chi connectivity index (χ1n) is 4.05. The number of anilines is 1. The summed E-state index contributed by atoms with van der Waals surface area (Å²) in [5.74, 6) is -0.625. The molecule has 0 aliphatic heterocycles. The fourth-order valence-corrected chi connectivity index (χ4v) is 4.31. The topological polar surface area (TPSA) is 86.2 Å². The zero-order valence-electron chi connectivity index (χ0n) is 8.11. The number of hydrogen-bond donors (Lipinski definition) is 2. The number of hydrogen-bond acceptors (Lipinski definition) is 3. The van der Waals surface area contributed by atoms with E-state index in [1.807, 2.05) is 45.2 Å². The van der Waals surface area contributed by atoms with Crippen LogP contribution < -0.4 is 11.5 Å². The molecule has 4 nitrogen and oxygen atoms in total. The molecule has 16 heavy (non-hydrogen) atoms. The highest BCUT2D eigenvalue weighted by atomic mass is 127. The molecule has 0 spiro atoms.